The SMILES string of the molecule is COC(=O)C(N)C(C)(C)C1CCN(C)CC1. The molecule has 0 aromatic carbocycles. The highest BCUT2D eigenvalue weighted by Gasteiger charge is 2.40. The van der Waals surface area contributed by atoms with E-state index < -0.39 is 6.04 Å². The molecule has 1 unspecified atom stereocenters. The number of likely N-dealkylation sites (tertiary alicyclic amines) is 1. The topological polar surface area (TPSA) is 55.6 Å². The minimum absolute atomic E-state index is 0.186. The summed E-state index contributed by atoms with van der Waals surface area (Å²) in [7, 11) is 3.52. The molecule has 0 radical (unpaired) electrons. The maximum atomic E-state index is 11.5. The molecule has 1 rings (SSSR count). The summed E-state index contributed by atoms with van der Waals surface area (Å²) in [5.41, 5.74) is 5.80. The van der Waals surface area contributed by atoms with E-state index in [1.807, 2.05) is 0 Å². The van der Waals surface area contributed by atoms with Gasteiger partial charge in [-0.3, -0.25) is 4.79 Å². The molecule has 0 aromatic rings. The van der Waals surface area contributed by atoms with Gasteiger partial charge in [0.05, 0.1) is 7.11 Å². The molecule has 0 bridgehead atoms. The zero-order valence-corrected chi connectivity index (χ0v) is 10.8. The largest absolute Gasteiger partial charge is 0.468 e. The van der Waals surface area contributed by atoms with Crippen molar-refractivity contribution in [2.75, 3.05) is 27.2 Å². The molecule has 1 atom stereocenters. The van der Waals surface area contributed by atoms with Crippen LogP contribution in [0.15, 0.2) is 0 Å². The molecule has 94 valence electrons. The van der Waals surface area contributed by atoms with E-state index in [1.54, 1.807) is 0 Å². The summed E-state index contributed by atoms with van der Waals surface area (Å²) in [6.07, 6.45) is 2.21. The van der Waals surface area contributed by atoms with Crippen molar-refractivity contribution >= 4 is 5.97 Å². The predicted octanol–water partition coefficient (Wildman–Crippen LogP) is 0.855. The lowest BCUT2D eigenvalue weighted by molar-refractivity contribution is -0.146. The van der Waals surface area contributed by atoms with Crippen LogP contribution >= 0.6 is 0 Å². The average molecular weight is 228 g/mol. The number of esters is 1. The first-order valence-corrected chi connectivity index (χ1v) is 5.91. The van der Waals surface area contributed by atoms with Gasteiger partial charge in [-0.25, -0.2) is 0 Å². The van der Waals surface area contributed by atoms with E-state index in [-0.39, 0.29) is 11.4 Å². The normalized spacial score (nSPS) is 21.8. The van der Waals surface area contributed by atoms with Crippen LogP contribution in [-0.4, -0.2) is 44.2 Å². The second-order valence-corrected chi connectivity index (χ2v) is 5.40. The van der Waals surface area contributed by atoms with E-state index in [9.17, 15) is 4.79 Å². The summed E-state index contributed by atoms with van der Waals surface area (Å²) in [4.78, 5) is 13.8. The molecule has 2 N–H and O–H groups in total. The van der Waals surface area contributed by atoms with Crippen molar-refractivity contribution in [3.63, 3.8) is 0 Å². The highest BCUT2D eigenvalue weighted by atomic mass is 16.5. The van der Waals surface area contributed by atoms with Crippen LogP contribution < -0.4 is 5.73 Å². The maximum absolute atomic E-state index is 11.5. The third-order valence-electron chi connectivity index (χ3n) is 4.03. The van der Waals surface area contributed by atoms with Gasteiger partial charge in [0.2, 0.25) is 0 Å². The van der Waals surface area contributed by atoms with E-state index >= 15 is 0 Å². The lowest BCUT2D eigenvalue weighted by Gasteiger charge is -2.42. The molecule has 0 amide bonds. The molecule has 16 heavy (non-hydrogen) atoms. The number of hydrogen-bond donors (Lipinski definition) is 1. The molecule has 1 heterocycles. The van der Waals surface area contributed by atoms with Gasteiger partial charge in [0.15, 0.2) is 0 Å². The molecule has 0 aliphatic carbocycles. The maximum Gasteiger partial charge on any atom is 0.323 e. The molecule has 1 fully saturated rings. The fraction of sp³-hybridized carbons (Fsp3) is 0.917. The van der Waals surface area contributed by atoms with E-state index in [2.05, 4.69) is 25.8 Å². The van der Waals surface area contributed by atoms with Crippen LogP contribution in [0.3, 0.4) is 0 Å². The van der Waals surface area contributed by atoms with E-state index in [4.69, 9.17) is 10.5 Å². The molecule has 1 saturated heterocycles. The van der Waals surface area contributed by atoms with Crippen LogP contribution in [0.4, 0.5) is 0 Å². The summed E-state index contributed by atoms with van der Waals surface area (Å²) in [5.74, 6) is 0.196. The summed E-state index contributed by atoms with van der Waals surface area (Å²) < 4.78 is 4.74. The molecule has 1 aliphatic rings. The van der Waals surface area contributed by atoms with Crippen molar-refractivity contribution in [1.82, 2.24) is 4.90 Å². The van der Waals surface area contributed by atoms with Gasteiger partial charge in [-0.1, -0.05) is 13.8 Å². The zero-order valence-electron chi connectivity index (χ0n) is 10.8. The Labute approximate surface area is 98.1 Å². The highest BCUT2D eigenvalue weighted by Crippen LogP contribution is 2.37. The van der Waals surface area contributed by atoms with Crippen LogP contribution in [0.25, 0.3) is 0 Å². The molecule has 0 aromatic heterocycles. The number of nitrogens with two attached hydrogens (primary N) is 1. The monoisotopic (exact) mass is 228 g/mol. The fourth-order valence-corrected chi connectivity index (χ4v) is 2.44. The van der Waals surface area contributed by atoms with Gasteiger partial charge in [0, 0.05) is 0 Å². The number of hydrogen-bond acceptors (Lipinski definition) is 4. The number of carbonyl (C=O) groups excluding carboxylic acids is 1. The lowest BCUT2D eigenvalue weighted by atomic mass is 9.69. The van der Waals surface area contributed by atoms with E-state index in [0.717, 1.165) is 25.9 Å². The number of ether oxygens (including phenoxy) is 1. The quantitative estimate of drug-likeness (QED) is 0.728. The number of methoxy groups -OCH3 is 1. The Morgan fingerprint density at radius 2 is 1.94 bits per heavy atom. The van der Waals surface area contributed by atoms with Crippen LogP contribution in [-0.2, 0) is 9.53 Å². The first-order valence-electron chi connectivity index (χ1n) is 5.91. The lowest BCUT2D eigenvalue weighted by Crippen LogP contribution is -2.50. The van der Waals surface area contributed by atoms with Crippen molar-refractivity contribution in [3.05, 3.63) is 0 Å². The minimum Gasteiger partial charge on any atom is -0.468 e. The Kier molecular flexibility index (Phi) is 4.33. The Hall–Kier alpha value is -0.610. The summed E-state index contributed by atoms with van der Waals surface area (Å²) >= 11 is 0. The van der Waals surface area contributed by atoms with Crippen LogP contribution in [0, 0.1) is 11.3 Å². The molecule has 4 heteroatoms. The average Bonchev–Trinajstić information content (AvgIpc) is 2.27. The van der Waals surface area contributed by atoms with Crippen molar-refractivity contribution in [3.8, 4) is 0 Å². The summed E-state index contributed by atoms with van der Waals surface area (Å²) in [6.45, 7) is 6.32. The second kappa shape index (κ2) is 5.15. The Morgan fingerprint density at radius 3 is 2.38 bits per heavy atom. The Balaban J connectivity index is 2.65. The van der Waals surface area contributed by atoms with Crippen molar-refractivity contribution in [1.29, 1.82) is 0 Å². The molecular weight excluding hydrogens is 204 g/mol. The van der Waals surface area contributed by atoms with E-state index in [1.165, 1.54) is 7.11 Å². The standard InChI is InChI=1S/C12H24N2O2/c1-12(2,10(13)11(15)16-4)9-5-7-14(3)8-6-9/h9-10H,5-8,13H2,1-4H3. The first kappa shape index (κ1) is 13.5. The Morgan fingerprint density at radius 1 is 1.44 bits per heavy atom. The predicted molar refractivity (Wildman–Crippen MR) is 64.0 cm³/mol. The second-order valence-electron chi connectivity index (χ2n) is 5.40. The first-order chi connectivity index (χ1) is 7.39. The van der Waals surface area contributed by atoms with Gasteiger partial charge in [-0.2, -0.15) is 0 Å². The molecular formula is C12H24N2O2. The van der Waals surface area contributed by atoms with Gasteiger partial charge in [0.1, 0.15) is 6.04 Å². The third kappa shape index (κ3) is 2.74. The van der Waals surface area contributed by atoms with E-state index in [0.29, 0.717) is 5.92 Å². The van der Waals surface area contributed by atoms with Gasteiger partial charge in [0.25, 0.3) is 0 Å². The van der Waals surface area contributed by atoms with Gasteiger partial charge < -0.3 is 15.4 Å². The van der Waals surface area contributed by atoms with Crippen molar-refractivity contribution in [2.45, 2.75) is 32.7 Å². The smallest absolute Gasteiger partial charge is 0.323 e. The van der Waals surface area contributed by atoms with Crippen LogP contribution in [0.5, 0.6) is 0 Å². The third-order valence-corrected chi connectivity index (χ3v) is 4.03. The van der Waals surface area contributed by atoms with Gasteiger partial charge in [-0.05, 0) is 44.3 Å². The number of nitrogens with zero attached hydrogens (tertiary/aromatic N) is 1. The highest BCUT2D eigenvalue weighted by molar-refractivity contribution is 5.76. The molecule has 0 spiro atoms. The summed E-state index contributed by atoms with van der Waals surface area (Å²) in [6, 6.07) is -0.522. The number of piperidine rings is 1. The summed E-state index contributed by atoms with van der Waals surface area (Å²) in [5, 5.41) is 0. The fourth-order valence-electron chi connectivity index (χ4n) is 2.44. The number of rotatable bonds is 3. The molecule has 1 aliphatic heterocycles. The minimum atomic E-state index is -0.522. The van der Waals surface area contributed by atoms with Crippen LogP contribution in [0.2, 0.25) is 0 Å². The molecule has 4 nitrogen and oxygen atoms in total. The van der Waals surface area contributed by atoms with Crippen LogP contribution in [0.1, 0.15) is 26.7 Å². The number of carbonyl (C=O) groups is 1. The molecule has 0 saturated carbocycles. The van der Waals surface area contributed by atoms with Crippen molar-refractivity contribution in [2.24, 2.45) is 17.1 Å². The Bertz CT molecular complexity index is 245. The zero-order chi connectivity index (χ0) is 12.3. The van der Waals surface area contributed by atoms with Crippen molar-refractivity contribution < 1.29 is 9.53 Å². The van der Waals surface area contributed by atoms with Gasteiger partial charge in [-0.15, -0.1) is 0 Å². The van der Waals surface area contributed by atoms with Gasteiger partial charge >= 0.3 is 5.97 Å².